The summed E-state index contributed by atoms with van der Waals surface area (Å²) in [5, 5.41) is 3.00. The van der Waals surface area contributed by atoms with Gasteiger partial charge in [0.1, 0.15) is 18.4 Å². The molecule has 32 heavy (non-hydrogen) atoms. The Morgan fingerprint density at radius 2 is 1.78 bits per heavy atom. The molecule has 170 valence electrons. The van der Waals surface area contributed by atoms with Gasteiger partial charge in [-0.05, 0) is 61.9 Å². The second-order valence-corrected chi connectivity index (χ2v) is 8.86. The van der Waals surface area contributed by atoms with Gasteiger partial charge in [0.25, 0.3) is 0 Å². The molecule has 6 nitrogen and oxygen atoms in total. The summed E-state index contributed by atoms with van der Waals surface area (Å²) >= 11 is 0. The highest BCUT2D eigenvalue weighted by Gasteiger charge is 2.34. The van der Waals surface area contributed by atoms with E-state index in [1.165, 1.54) is 6.42 Å². The third-order valence-electron chi connectivity index (χ3n) is 6.51. The summed E-state index contributed by atoms with van der Waals surface area (Å²) in [6.07, 6.45) is 9.68. The number of benzene rings is 1. The lowest BCUT2D eigenvalue weighted by molar-refractivity contribution is -0.145. The number of pyridine rings is 1. The Bertz CT molecular complexity index is 879. The summed E-state index contributed by atoms with van der Waals surface area (Å²) in [4.78, 5) is 32.4. The maximum Gasteiger partial charge on any atom is 0.242 e. The van der Waals surface area contributed by atoms with Crippen molar-refractivity contribution in [2.24, 2.45) is 5.92 Å². The van der Waals surface area contributed by atoms with E-state index in [9.17, 15) is 9.59 Å². The van der Waals surface area contributed by atoms with Gasteiger partial charge in [-0.1, -0.05) is 37.5 Å². The quantitative estimate of drug-likeness (QED) is 0.706. The molecular formula is C26H33N3O3. The summed E-state index contributed by atoms with van der Waals surface area (Å²) in [6, 6.07) is 13.2. The molecule has 1 aliphatic carbocycles. The van der Waals surface area contributed by atoms with Crippen LogP contribution in [0.1, 0.15) is 62.6 Å². The van der Waals surface area contributed by atoms with Gasteiger partial charge in [0.15, 0.2) is 0 Å². The van der Waals surface area contributed by atoms with Crippen LogP contribution in [-0.4, -0.2) is 34.3 Å². The Morgan fingerprint density at radius 1 is 1.00 bits per heavy atom. The van der Waals surface area contributed by atoms with Crippen LogP contribution >= 0.6 is 0 Å². The van der Waals surface area contributed by atoms with Crippen LogP contribution in [-0.2, 0) is 22.7 Å². The van der Waals surface area contributed by atoms with Crippen LogP contribution in [0.4, 0.5) is 0 Å². The van der Waals surface area contributed by atoms with Crippen LogP contribution < -0.4 is 10.1 Å². The molecule has 0 bridgehead atoms. The Hall–Kier alpha value is -2.89. The first-order valence-corrected chi connectivity index (χ1v) is 11.9. The Kier molecular flexibility index (Phi) is 7.75. The molecule has 0 unspecified atom stereocenters. The molecule has 1 aromatic carbocycles. The van der Waals surface area contributed by atoms with Crippen molar-refractivity contribution in [3.05, 3.63) is 59.9 Å². The Morgan fingerprint density at radius 3 is 2.53 bits per heavy atom. The van der Waals surface area contributed by atoms with E-state index in [0.717, 1.165) is 62.0 Å². The van der Waals surface area contributed by atoms with E-state index in [2.05, 4.69) is 10.3 Å². The van der Waals surface area contributed by atoms with E-state index in [1.54, 1.807) is 6.20 Å². The first-order chi connectivity index (χ1) is 15.7. The minimum absolute atomic E-state index is 0.0121. The average Bonchev–Trinajstić information content (AvgIpc) is 3.07. The zero-order valence-electron chi connectivity index (χ0n) is 18.7. The first kappa shape index (κ1) is 22.3. The largest absolute Gasteiger partial charge is 0.487 e. The van der Waals surface area contributed by atoms with Crippen LogP contribution in [0.15, 0.2) is 48.7 Å². The van der Waals surface area contributed by atoms with Crippen molar-refractivity contribution in [2.45, 2.75) is 70.6 Å². The fourth-order valence-corrected chi connectivity index (χ4v) is 4.67. The summed E-state index contributed by atoms with van der Waals surface area (Å²) in [5.74, 6) is 0.932. The van der Waals surface area contributed by atoms with Gasteiger partial charge in [0, 0.05) is 25.2 Å². The molecule has 1 atom stereocenters. The smallest absolute Gasteiger partial charge is 0.242 e. The van der Waals surface area contributed by atoms with Crippen LogP contribution in [0.5, 0.6) is 5.75 Å². The fraction of sp³-hybridized carbons (Fsp3) is 0.500. The molecular weight excluding hydrogens is 402 g/mol. The molecule has 2 fully saturated rings. The van der Waals surface area contributed by atoms with Crippen molar-refractivity contribution in [1.82, 2.24) is 15.2 Å². The Labute approximate surface area is 190 Å². The van der Waals surface area contributed by atoms with E-state index in [-0.39, 0.29) is 23.8 Å². The fourth-order valence-electron chi connectivity index (χ4n) is 4.67. The predicted molar refractivity (Wildman–Crippen MR) is 123 cm³/mol. The summed E-state index contributed by atoms with van der Waals surface area (Å²) < 4.78 is 5.84. The zero-order chi connectivity index (χ0) is 22.2. The van der Waals surface area contributed by atoms with Crippen LogP contribution in [0.25, 0.3) is 0 Å². The zero-order valence-corrected chi connectivity index (χ0v) is 18.7. The van der Waals surface area contributed by atoms with Gasteiger partial charge in [-0.15, -0.1) is 0 Å². The van der Waals surface area contributed by atoms with E-state index in [4.69, 9.17) is 4.74 Å². The van der Waals surface area contributed by atoms with Crippen molar-refractivity contribution >= 4 is 11.8 Å². The van der Waals surface area contributed by atoms with E-state index < -0.39 is 0 Å². The molecule has 1 N–H and O–H groups in total. The number of carbonyl (C=O) groups is 2. The predicted octanol–water partition coefficient (Wildman–Crippen LogP) is 4.24. The number of rotatable bonds is 7. The van der Waals surface area contributed by atoms with Crippen molar-refractivity contribution in [1.29, 1.82) is 0 Å². The average molecular weight is 436 g/mol. The van der Waals surface area contributed by atoms with Crippen molar-refractivity contribution in [2.75, 3.05) is 6.54 Å². The molecule has 1 saturated heterocycles. The number of nitrogens with one attached hydrogen (secondary N) is 1. The van der Waals surface area contributed by atoms with E-state index >= 15 is 0 Å². The van der Waals surface area contributed by atoms with Gasteiger partial charge in [0.05, 0.1) is 5.69 Å². The topological polar surface area (TPSA) is 71.5 Å². The van der Waals surface area contributed by atoms with Gasteiger partial charge < -0.3 is 15.0 Å². The van der Waals surface area contributed by atoms with Gasteiger partial charge in [0.2, 0.25) is 11.8 Å². The van der Waals surface area contributed by atoms with Gasteiger partial charge in [-0.2, -0.15) is 0 Å². The highest BCUT2D eigenvalue weighted by Crippen LogP contribution is 2.28. The number of nitrogens with zero attached hydrogens (tertiary/aromatic N) is 2. The normalized spacial score (nSPS) is 19.6. The maximum absolute atomic E-state index is 13.5. The molecule has 0 spiro atoms. The molecule has 1 aromatic heterocycles. The van der Waals surface area contributed by atoms with Crippen molar-refractivity contribution in [3.8, 4) is 5.75 Å². The number of aromatic nitrogens is 1. The molecule has 2 aliphatic rings. The molecule has 0 radical (unpaired) electrons. The highest BCUT2D eigenvalue weighted by atomic mass is 16.5. The van der Waals surface area contributed by atoms with Gasteiger partial charge in [-0.25, -0.2) is 0 Å². The van der Waals surface area contributed by atoms with Gasteiger partial charge >= 0.3 is 0 Å². The summed E-state index contributed by atoms with van der Waals surface area (Å²) in [7, 11) is 0. The minimum Gasteiger partial charge on any atom is -0.487 e. The molecule has 1 aliphatic heterocycles. The highest BCUT2D eigenvalue weighted by molar-refractivity contribution is 5.88. The lowest BCUT2D eigenvalue weighted by Crippen LogP contribution is -2.50. The van der Waals surface area contributed by atoms with Gasteiger partial charge in [-0.3, -0.25) is 14.6 Å². The van der Waals surface area contributed by atoms with Crippen molar-refractivity contribution in [3.63, 3.8) is 0 Å². The molecule has 4 rings (SSSR count). The standard InChI is InChI=1S/C26H33N3O3/c30-25-24(11-5-7-17-28-25)29(26(31)21-8-2-1-3-9-21)18-20-12-14-23(15-13-20)32-19-22-10-4-6-16-27-22/h4,6,10,12-16,21,24H,1-3,5,7-9,11,17-19H2,(H,28,30)/t24-/m0/s1. The molecule has 1 saturated carbocycles. The minimum atomic E-state index is -0.382. The molecule has 2 heterocycles. The van der Waals surface area contributed by atoms with E-state index in [0.29, 0.717) is 19.7 Å². The summed E-state index contributed by atoms with van der Waals surface area (Å²) in [5.41, 5.74) is 1.89. The summed E-state index contributed by atoms with van der Waals surface area (Å²) in [6.45, 7) is 1.56. The molecule has 2 aromatic rings. The van der Waals surface area contributed by atoms with Crippen molar-refractivity contribution < 1.29 is 14.3 Å². The SMILES string of the molecule is O=C1NCCCC[C@@H]1N(Cc1ccc(OCc2ccccn2)cc1)C(=O)C1CCCCC1. The number of carbonyl (C=O) groups excluding carboxylic acids is 2. The number of hydrogen-bond donors (Lipinski definition) is 1. The van der Waals surface area contributed by atoms with Crippen LogP contribution in [0.2, 0.25) is 0 Å². The third kappa shape index (κ3) is 5.87. The Balaban J connectivity index is 1.45. The third-order valence-corrected chi connectivity index (χ3v) is 6.51. The lowest BCUT2D eigenvalue weighted by Gasteiger charge is -2.34. The monoisotopic (exact) mass is 435 g/mol. The second kappa shape index (κ2) is 11.1. The van der Waals surface area contributed by atoms with Crippen LogP contribution in [0, 0.1) is 5.92 Å². The van der Waals surface area contributed by atoms with E-state index in [1.807, 2.05) is 47.4 Å². The molecule has 6 heteroatoms. The first-order valence-electron chi connectivity index (χ1n) is 11.9. The number of hydrogen-bond acceptors (Lipinski definition) is 4. The lowest BCUT2D eigenvalue weighted by atomic mass is 9.87. The number of amides is 2. The molecule has 2 amide bonds. The number of ether oxygens (including phenoxy) is 1. The van der Waals surface area contributed by atoms with Crippen LogP contribution in [0.3, 0.4) is 0 Å². The maximum atomic E-state index is 13.5. The second-order valence-electron chi connectivity index (χ2n) is 8.86.